The molecule has 1 amide bonds. The molecule has 0 radical (unpaired) electrons. The summed E-state index contributed by atoms with van der Waals surface area (Å²) in [5.74, 6) is -2.99. The zero-order valence-electron chi connectivity index (χ0n) is 23.0. The number of benzene rings is 3. The van der Waals surface area contributed by atoms with Gasteiger partial charge in [-0.3, -0.25) is 9.52 Å². The fraction of sp³-hybridized carbons (Fsp3) is 0.286. The summed E-state index contributed by atoms with van der Waals surface area (Å²) >= 11 is 0. The molecule has 1 saturated heterocycles. The largest absolute Gasteiger partial charge is 0.480 e. The van der Waals surface area contributed by atoms with Crippen LogP contribution in [0.15, 0.2) is 82.6 Å². The summed E-state index contributed by atoms with van der Waals surface area (Å²) in [7, 11) is -8.62. The molecule has 4 rings (SSSR count). The highest BCUT2D eigenvalue weighted by atomic mass is 32.2. The molecule has 3 N–H and O–H groups in total. The van der Waals surface area contributed by atoms with Crippen LogP contribution in [0.5, 0.6) is 0 Å². The molecule has 1 aliphatic rings. The van der Waals surface area contributed by atoms with Crippen molar-refractivity contribution in [2.75, 3.05) is 11.3 Å². The fourth-order valence-corrected chi connectivity index (χ4v) is 7.71. The van der Waals surface area contributed by atoms with Crippen LogP contribution in [0.3, 0.4) is 0 Å². The highest BCUT2D eigenvalue weighted by Crippen LogP contribution is 2.37. The summed E-state index contributed by atoms with van der Waals surface area (Å²) in [4.78, 5) is 24.6. The molecule has 1 unspecified atom stereocenters. The Morgan fingerprint density at radius 2 is 1.61 bits per heavy atom. The summed E-state index contributed by atoms with van der Waals surface area (Å²) in [6.45, 7) is 1.11. The molecule has 0 aromatic heterocycles. The predicted molar refractivity (Wildman–Crippen MR) is 150 cm³/mol. The smallest absolute Gasteiger partial charge is 0.416 e. The van der Waals surface area contributed by atoms with Crippen molar-refractivity contribution in [1.82, 2.24) is 9.62 Å². The predicted octanol–water partition coefficient (Wildman–Crippen LogP) is 4.00. The lowest BCUT2D eigenvalue weighted by Crippen LogP contribution is -2.58. The molecular weight excluding hydrogens is 630 g/mol. The number of anilines is 1. The van der Waals surface area contributed by atoms with Gasteiger partial charge in [0.05, 0.1) is 15.4 Å². The average molecular weight is 658 g/mol. The van der Waals surface area contributed by atoms with Crippen molar-refractivity contribution in [3.8, 4) is 0 Å². The summed E-state index contributed by atoms with van der Waals surface area (Å²) in [6, 6.07) is 11.3. The topological polar surface area (TPSA) is 150 Å². The summed E-state index contributed by atoms with van der Waals surface area (Å²) in [5.41, 5.74) is -2.46. The molecule has 10 nitrogen and oxygen atoms in total. The zero-order valence-corrected chi connectivity index (χ0v) is 24.6. The minimum absolute atomic E-state index is 0.00768. The average Bonchev–Trinajstić information content (AvgIpc) is 3.37. The van der Waals surface area contributed by atoms with Crippen molar-refractivity contribution >= 4 is 37.6 Å². The van der Waals surface area contributed by atoms with Crippen LogP contribution in [0, 0.1) is 5.82 Å². The van der Waals surface area contributed by atoms with Crippen LogP contribution >= 0.6 is 0 Å². The molecule has 1 fully saturated rings. The number of halogens is 4. The van der Waals surface area contributed by atoms with E-state index in [2.05, 4.69) is 10.0 Å². The Hall–Kier alpha value is -4.02. The van der Waals surface area contributed by atoms with E-state index in [0.717, 1.165) is 46.8 Å². The van der Waals surface area contributed by atoms with Gasteiger partial charge < -0.3 is 10.4 Å². The normalized spacial score (nSPS) is 18.5. The maximum Gasteiger partial charge on any atom is 0.416 e. The van der Waals surface area contributed by atoms with Crippen molar-refractivity contribution < 1.29 is 49.1 Å². The van der Waals surface area contributed by atoms with E-state index in [0.29, 0.717) is 11.6 Å². The van der Waals surface area contributed by atoms with Gasteiger partial charge in [-0.1, -0.05) is 18.2 Å². The van der Waals surface area contributed by atoms with E-state index in [4.69, 9.17) is 0 Å². The van der Waals surface area contributed by atoms with Crippen LogP contribution < -0.4 is 10.0 Å². The Kier molecular flexibility index (Phi) is 9.09. The number of aliphatic carboxylic acids is 1. The van der Waals surface area contributed by atoms with Crippen molar-refractivity contribution in [3.63, 3.8) is 0 Å². The third-order valence-electron chi connectivity index (χ3n) is 7.19. The first-order valence-electron chi connectivity index (χ1n) is 13.0. The molecule has 0 spiro atoms. The van der Waals surface area contributed by atoms with E-state index < -0.39 is 66.0 Å². The second-order valence-corrected chi connectivity index (χ2v) is 13.8. The van der Waals surface area contributed by atoms with Gasteiger partial charge in [0, 0.05) is 18.7 Å². The first-order valence-corrected chi connectivity index (χ1v) is 16.0. The Labute approximate surface area is 250 Å². The van der Waals surface area contributed by atoms with E-state index >= 15 is 0 Å². The second-order valence-electron chi connectivity index (χ2n) is 10.3. The monoisotopic (exact) mass is 657 g/mol. The molecule has 2 atom stereocenters. The summed E-state index contributed by atoms with van der Waals surface area (Å²) < 4.78 is 108. The lowest BCUT2D eigenvalue weighted by molar-refractivity contribution is -0.143. The minimum Gasteiger partial charge on any atom is -0.480 e. The summed E-state index contributed by atoms with van der Waals surface area (Å²) in [5, 5.41) is 12.2. The molecule has 16 heteroatoms. The number of hydrogen-bond acceptors (Lipinski definition) is 6. The quantitative estimate of drug-likeness (QED) is 0.279. The van der Waals surface area contributed by atoms with E-state index in [9.17, 15) is 49.1 Å². The third kappa shape index (κ3) is 7.03. The van der Waals surface area contributed by atoms with Gasteiger partial charge in [-0.25, -0.2) is 26.0 Å². The van der Waals surface area contributed by atoms with Crippen molar-refractivity contribution in [3.05, 3.63) is 89.7 Å². The third-order valence-corrected chi connectivity index (χ3v) is 10.6. The molecule has 1 aliphatic heterocycles. The van der Waals surface area contributed by atoms with Gasteiger partial charge in [0.2, 0.25) is 15.9 Å². The van der Waals surface area contributed by atoms with Crippen LogP contribution in [0.4, 0.5) is 23.2 Å². The second kappa shape index (κ2) is 12.2. The van der Waals surface area contributed by atoms with E-state index in [1.807, 2.05) is 0 Å². The Morgan fingerprint density at radius 3 is 2.20 bits per heavy atom. The van der Waals surface area contributed by atoms with Crippen molar-refractivity contribution in [2.45, 2.75) is 53.7 Å². The van der Waals surface area contributed by atoms with Crippen LogP contribution in [0.25, 0.3) is 0 Å². The van der Waals surface area contributed by atoms with Crippen LogP contribution in [0.1, 0.15) is 30.9 Å². The standard InChI is InChI=1S/C28H27F4N3O7S2/c1-27(14-3-15-35(27)44(41,42)23-5-2-4-19(17-23)28(30,31)32)26(38)33-24(25(36)37)16-18-6-10-21(11-7-18)34-43(39,40)22-12-8-20(29)9-13-22/h2,4-13,17,24,34H,3,14-16H2,1H3,(H,33,38)(H,36,37)/t24?,27-/m0/s1. The lowest BCUT2D eigenvalue weighted by Gasteiger charge is -2.34. The lowest BCUT2D eigenvalue weighted by atomic mass is 9.97. The molecule has 44 heavy (non-hydrogen) atoms. The van der Waals surface area contributed by atoms with Gasteiger partial charge in [0.1, 0.15) is 17.4 Å². The highest BCUT2D eigenvalue weighted by molar-refractivity contribution is 7.92. The van der Waals surface area contributed by atoms with Crippen LogP contribution in [-0.4, -0.2) is 56.2 Å². The van der Waals surface area contributed by atoms with Gasteiger partial charge in [0.15, 0.2) is 0 Å². The Balaban J connectivity index is 1.49. The zero-order chi connectivity index (χ0) is 32.5. The number of rotatable bonds is 10. The number of carboxylic acids is 1. The van der Waals surface area contributed by atoms with Gasteiger partial charge in [0.25, 0.3) is 10.0 Å². The van der Waals surface area contributed by atoms with E-state index in [1.165, 1.54) is 31.2 Å². The van der Waals surface area contributed by atoms with Gasteiger partial charge in [-0.15, -0.1) is 0 Å². The molecular formula is C28H27F4N3O7S2. The first-order chi connectivity index (χ1) is 20.4. The number of hydrogen-bond donors (Lipinski definition) is 3. The Morgan fingerprint density at radius 1 is 0.977 bits per heavy atom. The molecule has 1 heterocycles. The number of nitrogens with one attached hydrogen (secondary N) is 2. The molecule has 3 aromatic carbocycles. The van der Waals surface area contributed by atoms with E-state index in [1.54, 1.807) is 0 Å². The van der Waals surface area contributed by atoms with Crippen LogP contribution in [-0.2, 0) is 42.2 Å². The number of amides is 1. The first kappa shape index (κ1) is 32.9. The van der Waals surface area contributed by atoms with Crippen molar-refractivity contribution in [1.29, 1.82) is 0 Å². The van der Waals surface area contributed by atoms with Gasteiger partial charge in [-0.2, -0.15) is 17.5 Å². The number of nitrogens with zero attached hydrogens (tertiary/aromatic N) is 1. The molecule has 0 saturated carbocycles. The SMILES string of the molecule is C[C@@]1(C(=O)NC(Cc2ccc(NS(=O)(=O)c3ccc(F)cc3)cc2)C(=O)O)CCCN1S(=O)(=O)c1cccc(C(F)(F)F)c1. The minimum atomic E-state index is -4.79. The van der Waals surface area contributed by atoms with E-state index in [-0.39, 0.29) is 36.4 Å². The highest BCUT2D eigenvalue weighted by Gasteiger charge is 2.50. The van der Waals surface area contributed by atoms with Gasteiger partial charge >= 0.3 is 12.1 Å². The maximum atomic E-state index is 13.4. The summed E-state index contributed by atoms with van der Waals surface area (Å²) in [6.07, 6.45) is -4.86. The number of alkyl halides is 3. The number of sulfonamides is 2. The van der Waals surface area contributed by atoms with Gasteiger partial charge in [-0.05, 0) is 79.9 Å². The van der Waals surface area contributed by atoms with Crippen LogP contribution in [0.2, 0.25) is 0 Å². The van der Waals surface area contributed by atoms with Crippen molar-refractivity contribution in [2.24, 2.45) is 0 Å². The number of carbonyl (C=O) groups excluding carboxylic acids is 1. The molecule has 236 valence electrons. The maximum absolute atomic E-state index is 13.4. The fourth-order valence-electron chi connectivity index (χ4n) is 4.80. The Bertz CT molecular complexity index is 1770. The number of carbonyl (C=O) groups is 2. The number of carboxylic acid groups (broad SMARTS) is 1. The molecule has 0 bridgehead atoms. The molecule has 0 aliphatic carbocycles. The molecule has 3 aromatic rings.